The lowest BCUT2D eigenvalue weighted by Gasteiger charge is -2.07. The Morgan fingerprint density at radius 2 is 2.17 bits per heavy atom. The van der Waals surface area contributed by atoms with Crippen LogP contribution in [0, 0.1) is 5.92 Å². The monoisotopic (exact) mass is 168 g/mol. The molecule has 0 saturated heterocycles. The second-order valence-corrected chi connectivity index (χ2v) is 3.19. The van der Waals surface area contributed by atoms with Gasteiger partial charge in [-0.1, -0.05) is 19.9 Å². The summed E-state index contributed by atoms with van der Waals surface area (Å²) in [6.45, 7) is 7.85. The highest BCUT2D eigenvalue weighted by molar-refractivity contribution is 5.77. The van der Waals surface area contributed by atoms with Crippen LogP contribution in [0.2, 0.25) is 0 Å². The van der Waals surface area contributed by atoms with Crippen molar-refractivity contribution in [3.8, 4) is 0 Å². The Morgan fingerprint density at radius 3 is 2.58 bits per heavy atom. The molecule has 0 bridgehead atoms. The summed E-state index contributed by atoms with van der Waals surface area (Å²) in [6, 6.07) is 0. The maximum absolute atomic E-state index is 10.9. The smallest absolute Gasteiger partial charge is 0.132 e. The lowest BCUT2D eigenvalue weighted by atomic mass is 9.98. The number of allylic oxidation sites excluding steroid dienone is 1. The molecule has 0 fully saturated rings. The third-order valence-electron chi connectivity index (χ3n) is 2.28. The van der Waals surface area contributed by atoms with Crippen molar-refractivity contribution in [1.29, 1.82) is 0 Å². The first-order valence-corrected chi connectivity index (χ1v) is 4.88. The zero-order valence-corrected chi connectivity index (χ0v) is 8.31. The first kappa shape index (κ1) is 11.4. The quantitative estimate of drug-likeness (QED) is 0.533. The van der Waals surface area contributed by atoms with Crippen molar-refractivity contribution >= 4 is 5.78 Å². The Hall–Kier alpha value is -0.590. The van der Waals surface area contributed by atoms with Gasteiger partial charge in [0.05, 0.1) is 0 Å². The van der Waals surface area contributed by atoms with Gasteiger partial charge < -0.3 is 0 Å². The van der Waals surface area contributed by atoms with Gasteiger partial charge in [0, 0.05) is 12.8 Å². The number of Topliss-reactive ketones (excluding diaryl/α,β-unsaturated/α-hetero) is 1. The fourth-order valence-corrected chi connectivity index (χ4v) is 1.23. The Bertz CT molecular complexity index is 138. The van der Waals surface area contributed by atoms with E-state index in [1.54, 1.807) is 0 Å². The van der Waals surface area contributed by atoms with Gasteiger partial charge >= 0.3 is 0 Å². The average Bonchev–Trinajstić information content (AvgIpc) is 2.12. The molecule has 70 valence electrons. The van der Waals surface area contributed by atoms with Crippen LogP contribution >= 0.6 is 0 Å². The van der Waals surface area contributed by atoms with Crippen molar-refractivity contribution in [2.45, 2.75) is 46.0 Å². The summed E-state index contributed by atoms with van der Waals surface area (Å²) < 4.78 is 0. The second-order valence-electron chi connectivity index (χ2n) is 3.19. The molecule has 0 aromatic heterocycles. The molecular formula is C11H20O. The molecule has 0 aliphatic carbocycles. The number of carbonyl (C=O) groups excluding carboxylic acids is 1. The molecule has 0 heterocycles. The predicted octanol–water partition coefficient (Wildman–Crippen LogP) is 3.35. The average molecular weight is 168 g/mol. The number of rotatable bonds is 7. The van der Waals surface area contributed by atoms with E-state index in [2.05, 4.69) is 13.5 Å². The minimum atomic E-state index is 0.383. The van der Waals surface area contributed by atoms with E-state index in [-0.39, 0.29) is 0 Å². The topological polar surface area (TPSA) is 17.1 Å². The minimum absolute atomic E-state index is 0.383. The zero-order valence-electron chi connectivity index (χ0n) is 8.31. The normalized spacial score (nSPS) is 12.5. The molecule has 12 heavy (non-hydrogen) atoms. The number of ketones is 1. The van der Waals surface area contributed by atoms with Crippen LogP contribution in [0.25, 0.3) is 0 Å². The largest absolute Gasteiger partial charge is 0.300 e. The third kappa shape index (κ3) is 5.11. The highest BCUT2D eigenvalue weighted by atomic mass is 16.1. The Morgan fingerprint density at radius 1 is 1.50 bits per heavy atom. The SMILES string of the molecule is C=C[C@H](CC)CCCC(=O)CC. The van der Waals surface area contributed by atoms with Gasteiger partial charge in [-0.3, -0.25) is 4.79 Å². The molecule has 0 saturated carbocycles. The first-order chi connectivity index (χ1) is 5.74. The zero-order chi connectivity index (χ0) is 9.40. The number of hydrogen-bond acceptors (Lipinski definition) is 1. The molecule has 0 aromatic carbocycles. The highest BCUT2D eigenvalue weighted by Crippen LogP contribution is 2.13. The molecule has 0 rings (SSSR count). The lowest BCUT2D eigenvalue weighted by Crippen LogP contribution is -1.98. The van der Waals surface area contributed by atoms with Gasteiger partial charge in [-0.05, 0) is 25.2 Å². The molecule has 0 N–H and O–H groups in total. The molecule has 0 unspecified atom stereocenters. The van der Waals surface area contributed by atoms with E-state index in [4.69, 9.17) is 0 Å². The van der Waals surface area contributed by atoms with Crippen LogP contribution in [0.15, 0.2) is 12.7 Å². The summed E-state index contributed by atoms with van der Waals surface area (Å²) in [5, 5.41) is 0. The van der Waals surface area contributed by atoms with E-state index >= 15 is 0 Å². The molecule has 0 aliphatic heterocycles. The van der Waals surface area contributed by atoms with E-state index in [1.165, 1.54) is 0 Å². The molecular weight excluding hydrogens is 148 g/mol. The minimum Gasteiger partial charge on any atom is -0.300 e. The van der Waals surface area contributed by atoms with Crippen molar-refractivity contribution < 1.29 is 4.79 Å². The van der Waals surface area contributed by atoms with Crippen molar-refractivity contribution in [3.63, 3.8) is 0 Å². The molecule has 0 aromatic rings. The standard InChI is InChI=1S/C11H20O/c1-4-10(5-2)8-7-9-11(12)6-3/h4,10H,1,5-9H2,2-3H3/t10-/m1/s1. The van der Waals surface area contributed by atoms with Crippen LogP contribution in [0.4, 0.5) is 0 Å². The summed E-state index contributed by atoms with van der Waals surface area (Å²) in [4.78, 5) is 10.9. The van der Waals surface area contributed by atoms with Gasteiger partial charge in [0.25, 0.3) is 0 Å². The Kier molecular flexibility index (Phi) is 6.73. The van der Waals surface area contributed by atoms with Crippen molar-refractivity contribution in [2.75, 3.05) is 0 Å². The fraction of sp³-hybridized carbons (Fsp3) is 0.727. The van der Waals surface area contributed by atoms with Gasteiger partial charge in [-0.15, -0.1) is 6.58 Å². The second kappa shape index (κ2) is 7.08. The van der Waals surface area contributed by atoms with Crippen LogP contribution in [0.1, 0.15) is 46.0 Å². The van der Waals surface area contributed by atoms with Gasteiger partial charge in [0.15, 0.2) is 0 Å². The predicted molar refractivity (Wildman–Crippen MR) is 53.1 cm³/mol. The van der Waals surface area contributed by atoms with Crippen LogP contribution in [0.5, 0.6) is 0 Å². The Balaban J connectivity index is 3.40. The lowest BCUT2D eigenvalue weighted by molar-refractivity contribution is -0.118. The molecule has 0 radical (unpaired) electrons. The van der Waals surface area contributed by atoms with Gasteiger partial charge in [0.1, 0.15) is 5.78 Å². The van der Waals surface area contributed by atoms with Crippen LogP contribution in [-0.4, -0.2) is 5.78 Å². The van der Waals surface area contributed by atoms with Crippen molar-refractivity contribution in [3.05, 3.63) is 12.7 Å². The summed E-state index contributed by atoms with van der Waals surface area (Å²) >= 11 is 0. The van der Waals surface area contributed by atoms with Crippen molar-refractivity contribution in [1.82, 2.24) is 0 Å². The molecule has 1 heteroatoms. The summed E-state index contributed by atoms with van der Waals surface area (Å²) in [5.41, 5.74) is 0. The fourth-order valence-electron chi connectivity index (χ4n) is 1.23. The third-order valence-corrected chi connectivity index (χ3v) is 2.28. The molecule has 0 spiro atoms. The van der Waals surface area contributed by atoms with Gasteiger partial charge in [0.2, 0.25) is 0 Å². The number of hydrogen-bond donors (Lipinski definition) is 0. The van der Waals surface area contributed by atoms with E-state index in [1.807, 2.05) is 13.0 Å². The molecule has 1 nitrogen and oxygen atoms in total. The first-order valence-electron chi connectivity index (χ1n) is 4.88. The highest BCUT2D eigenvalue weighted by Gasteiger charge is 2.02. The maximum Gasteiger partial charge on any atom is 0.132 e. The molecule has 0 aliphatic rings. The van der Waals surface area contributed by atoms with E-state index in [9.17, 15) is 4.79 Å². The summed E-state index contributed by atoms with van der Waals surface area (Å²) in [6.07, 6.45) is 6.72. The van der Waals surface area contributed by atoms with Gasteiger partial charge in [-0.25, -0.2) is 0 Å². The maximum atomic E-state index is 10.9. The summed E-state index contributed by atoms with van der Waals surface area (Å²) in [7, 11) is 0. The van der Waals surface area contributed by atoms with E-state index < -0.39 is 0 Å². The Labute approximate surface area is 75.9 Å². The van der Waals surface area contributed by atoms with E-state index in [0.717, 1.165) is 25.7 Å². The van der Waals surface area contributed by atoms with E-state index in [0.29, 0.717) is 18.1 Å². The van der Waals surface area contributed by atoms with Gasteiger partial charge in [-0.2, -0.15) is 0 Å². The molecule has 0 amide bonds. The van der Waals surface area contributed by atoms with Crippen LogP contribution in [-0.2, 0) is 4.79 Å². The van der Waals surface area contributed by atoms with Crippen LogP contribution in [0.3, 0.4) is 0 Å². The summed E-state index contributed by atoms with van der Waals surface area (Å²) in [5.74, 6) is 0.989. The molecule has 1 atom stereocenters. The number of carbonyl (C=O) groups is 1. The van der Waals surface area contributed by atoms with Crippen LogP contribution < -0.4 is 0 Å². The van der Waals surface area contributed by atoms with Crippen molar-refractivity contribution in [2.24, 2.45) is 5.92 Å².